The molecule has 32 heavy (non-hydrogen) atoms. The summed E-state index contributed by atoms with van der Waals surface area (Å²) < 4.78 is 4.23. The molecule has 0 aliphatic rings. The van der Waals surface area contributed by atoms with Crippen molar-refractivity contribution in [2.24, 2.45) is 4.99 Å². The zero-order valence-electron chi connectivity index (χ0n) is 18.4. The average molecular weight is 544 g/mol. The van der Waals surface area contributed by atoms with Crippen molar-refractivity contribution in [2.45, 2.75) is 33.4 Å². The number of hydrogen-bond acceptors (Lipinski definition) is 4. The van der Waals surface area contributed by atoms with E-state index < -0.39 is 0 Å². The molecule has 168 valence electrons. The van der Waals surface area contributed by atoms with Crippen molar-refractivity contribution >= 4 is 41.0 Å². The van der Waals surface area contributed by atoms with Gasteiger partial charge < -0.3 is 15.2 Å². The number of rotatable bonds is 8. The average Bonchev–Trinajstić information content (AvgIpc) is 3.39. The molecule has 2 aromatic carbocycles. The third-order valence-electron chi connectivity index (χ3n) is 5.07. The van der Waals surface area contributed by atoms with Crippen LogP contribution in [0.4, 0.5) is 0 Å². The number of hydrogen-bond donors (Lipinski definition) is 2. The van der Waals surface area contributed by atoms with Gasteiger partial charge in [-0.15, -0.1) is 34.2 Å². The Morgan fingerprint density at radius 1 is 1.03 bits per heavy atom. The first-order valence-electron chi connectivity index (χ1n) is 10.6. The van der Waals surface area contributed by atoms with Crippen LogP contribution < -0.4 is 10.6 Å². The van der Waals surface area contributed by atoms with Gasteiger partial charge in [-0.2, -0.15) is 0 Å². The lowest BCUT2D eigenvalue weighted by molar-refractivity contribution is 0.624. The minimum absolute atomic E-state index is 0. The van der Waals surface area contributed by atoms with Crippen LogP contribution in [-0.2, 0) is 13.1 Å². The molecule has 0 unspecified atom stereocenters. The van der Waals surface area contributed by atoms with E-state index in [0.29, 0.717) is 6.54 Å². The van der Waals surface area contributed by atoms with Crippen molar-refractivity contribution in [2.75, 3.05) is 13.1 Å². The van der Waals surface area contributed by atoms with Gasteiger partial charge in [-0.3, -0.25) is 4.57 Å². The fourth-order valence-corrected chi connectivity index (χ4v) is 3.58. The molecule has 4 rings (SSSR count). The quantitative estimate of drug-likeness (QED) is 0.153. The van der Waals surface area contributed by atoms with E-state index in [9.17, 15) is 0 Å². The minimum Gasteiger partial charge on any atom is -0.357 e. The second kappa shape index (κ2) is 11.6. The molecule has 2 N–H and O–H groups in total. The topological polar surface area (TPSA) is 85.0 Å². The van der Waals surface area contributed by atoms with Gasteiger partial charge in [0.25, 0.3) is 0 Å². The van der Waals surface area contributed by atoms with Crippen LogP contribution in [0.25, 0.3) is 16.7 Å². The summed E-state index contributed by atoms with van der Waals surface area (Å²) in [5.41, 5.74) is 3.25. The van der Waals surface area contributed by atoms with Crippen molar-refractivity contribution in [3.63, 3.8) is 0 Å². The summed E-state index contributed by atoms with van der Waals surface area (Å²) in [7, 11) is 0. The fourth-order valence-electron chi connectivity index (χ4n) is 3.58. The second-order valence-corrected chi connectivity index (χ2v) is 7.23. The maximum absolute atomic E-state index is 4.70. The van der Waals surface area contributed by atoms with Crippen molar-refractivity contribution in [3.8, 4) is 5.69 Å². The van der Waals surface area contributed by atoms with Gasteiger partial charge in [0.1, 0.15) is 18.7 Å². The number of nitrogens with zero attached hydrogens (tertiary/aromatic N) is 6. The molecule has 0 saturated carbocycles. The third-order valence-corrected chi connectivity index (χ3v) is 5.07. The van der Waals surface area contributed by atoms with Crippen molar-refractivity contribution < 1.29 is 0 Å². The van der Waals surface area contributed by atoms with Crippen LogP contribution in [0.3, 0.4) is 0 Å². The van der Waals surface area contributed by atoms with E-state index in [0.717, 1.165) is 54.9 Å². The van der Waals surface area contributed by atoms with Crippen LogP contribution >= 0.6 is 24.0 Å². The Morgan fingerprint density at radius 2 is 1.81 bits per heavy atom. The lowest BCUT2D eigenvalue weighted by Crippen LogP contribution is -2.38. The standard InChI is InChI=1S/C23H28N8.HI/c1-3-24-23(26-16-22-29-27-17-31(22)19-10-5-4-6-11-19)25-14-9-15-30-18(2)28-20-12-7-8-13-21(20)30;/h4-8,10-13,17H,3,9,14-16H2,1-2H3,(H2,24,25,26);1H. The molecule has 0 saturated heterocycles. The number of aryl methyl sites for hydroxylation is 2. The molecule has 0 amide bonds. The Kier molecular flexibility index (Phi) is 8.60. The highest BCUT2D eigenvalue weighted by Crippen LogP contribution is 2.15. The largest absolute Gasteiger partial charge is 0.357 e. The molecular weight excluding hydrogens is 515 g/mol. The van der Waals surface area contributed by atoms with E-state index >= 15 is 0 Å². The van der Waals surface area contributed by atoms with E-state index in [-0.39, 0.29) is 24.0 Å². The van der Waals surface area contributed by atoms with Crippen LogP contribution in [-0.4, -0.2) is 43.4 Å². The van der Waals surface area contributed by atoms with Crippen molar-refractivity contribution in [1.82, 2.24) is 34.9 Å². The minimum atomic E-state index is 0. The maximum atomic E-state index is 4.70. The Labute approximate surface area is 205 Å². The van der Waals surface area contributed by atoms with E-state index in [1.54, 1.807) is 6.33 Å². The van der Waals surface area contributed by atoms with Crippen LogP contribution in [0.2, 0.25) is 0 Å². The zero-order valence-corrected chi connectivity index (χ0v) is 20.7. The number of imidazole rings is 1. The molecule has 9 heteroatoms. The lowest BCUT2D eigenvalue weighted by atomic mass is 10.3. The predicted octanol–water partition coefficient (Wildman–Crippen LogP) is 3.69. The van der Waals surface area contributed by atoms with Gasteiger partial charge in [-0.1, -0.05) is 30.3 Å². The first-order valence-corrected chi connectivity index (χ1v) is 10.6. The summed E-state index contributed by atoms with van der Waals surface area (Å²) in [5, 5.41) is 15.0. The van der Waals surface area contributed by atoms with Gasteiger partial charge >= 0.3 is 0 Å². The van der Waals surface area contributed by atoms with Gasteiger partial charge in [0.05, 0.1) is 11.0 Å². The van der Waals surface area contributed by atoms with Crippen molar-refractivity contribution in [1.29, 1.82) is 0 Å². The van der Waals surface area contributed by atoms with Gasteiger partial charge in [-0.25, -0.2) is 9.98 Å². The summed E-state index contributed by atoms with van der Waals surface area (Å²) in [6.45, 7) is 7.06. The Balaban J connectivity index is 0.00000289. The summed E-state index contributed by atoms with van der Waals surface area (Å²) in [6.07, 6.45) is 2.68. The maximum Gasteiger partial charge on any atom is 0.191 e. The number of benzene rings is 2. The fraction of sp³-hybridized carbons (Fsp3) is 0.304. The summed E-state index contributed by atoms with van der Waals surface area (Å²) in [6, 6.07) is 18.3. The van der Waals surface area contributed by atoms with Gasteiger partial charge in [0.2, 0.25) is 0 Å². The number of guanidine groups is 1. The molecule has 0 aliphatic heterocycles. The molecular formula is C23H29IN8. The van der Waals surface area contributed by atoms with Crippen LogP contribution in [0.15, 0.2) is 65.9 Å². The molecule has 0 fully saturated rings. The molecule has 0 bridgehead atoms. The van der Waals surface area contributed by atoms with Crippen LogP contribution in [0, 0.1) is 6.92 Å². The molecule has 2 heterocycles. The highest BCUT2D eigenvalue weighted by Gasteiger charge is 2.08. The summed E-state index contributed by atoms with van der Waals surface area (Å²) >= 11 is 0. The Hall–Kier alpha value is -2.95. The molecule has 0 aliphatic carbocycles. The first kappa shape index (κ1) is 23.7. The SMILES string of the molecule is CCNC(=NCc1nncn1-c1ccccc1)NCCCn1c(C)nc2ccccc21.I. The van der Waals surface area contributed by atoms with Crippen LogP contribution in [0.5, 0.6) is 0 Å². The molecule has 0 spiro atoms. The second-order valence-electron chi connectivity index (χ2n) is 7.23. The van der Waals surface area contributed by atoms with E-state index in [1.165, 1.54) is 5.52 Å². The highest BCUT2D eigenvalue weighted by molar-refractivity contribution is 14.0. The summed E-state index contributed by atoms with van der Waals surface area (Å²) in [4.78, 5) is 9.33. The van der Waals surface area contributed by atoms with Gasteiger partial charge in [-0.05, 0) is 44.5 Å². The number of halogens is 1. The van der Waals surface area contributed by atoms with E-state index in [1.807, 2.05) is 41.0 Å². The zero-order chi connectivity index (χ0) is 21.5. The lowest BCUT2D eigenvalue weighted by Gasteiger charge is -2.12. The first-order chi connectivity index (χ1) is 15.3. The number of para-hydroxylation sites is 3. The molecule has 0 radical (unpaired) electrons. The summed E-state index contributed by atoms with van der Waals surface area (Å²) in [5.74, 6) is 2.61. The number of aromatic nitrogens is 5. The normalized spacial score (nSPS) is 11.4. The number of fused-ring (bicyclic) bond motifs is 1. The number of aliphatic imine (C=N–C) groups is 1. The van der Waals surface area contributed by atoms with Gasteiger partial charge in [0.15, 0.2) is 11.8 Å². The van der Waals surface area contributed by atoms with E-state index in [4.69, 9.17) is 4.99 Å². The molecule has 2 aromatic heterocycles. The van der Waals surface area contributed by atoms with Crippen LogP contribution in [0.1, 0.15) is 25.0 Å². The Morgan fingerprint density at radius 3 is 2.62 bits per heavy atom. The van der Waals surface area contributed by atoms with Gasteiger partial charge in [0, 0.05) is 25.3 Å². The smallest absolute Gasteiger partial charge is 0.191 e. The van der Waals surface area contributed by atoms with E-state index in [2.05, 4.69) is 62.4 Å². The highest BCUT2D eigenvalue weighted by atomic mass is 127. The molecule has 0 atom stereocenters. The Bertz CT molecular complexity index is 1150. The number of nitrogens with one attached hydrogen (secondary N) is 2. The molecule has 4 aromatic rings. The van der Waals surface area contributed by atoms with Crippen molar-refractivity contribution in [3.05, 3.63) is 72.6 Å². The third kappa shape index (κ3) is 5.64. The predicted molar refractivity (Wildman–Crippen MR) is 139 cm³/mol. The monoisotopic (exact) mass is 544 g/mol. The molecule has 8 nitrogen and oxygen atoms in total.